The summed E-state index contributed by atoms with van der Waals surface area (Å²) < 4.78 is 15.4. The van der Waals surface area contributed by atoms with Crippen molar-refractivity contribution < 1.29 is 9.47 Å². The minimum absolute atomic E-state index is 0.333. The summed E-state index contributed by atoms with van der Waals surface area (Å²) in [6.45, 7) is 5.92. The van der Waals surface area contributed by atoms with Gasteiger partial charge in [-0.15, -0.1) is 5.10 Å². The maximum Gasteiger partial charge on any atom is 0.201 e. The Labute approximate surface area is 197 Å². The third-order valence-electron chi connectivity index (χ3n) is 6.28. The topological polar surface area (TPSA) is 115 Å². The molecule has 10 nitrogen and oxygen atoms in total. The van der Waals surface area contributed by atoms with Crippen molar-refractivity contribution in [1.29, 1.82) is 5.26 Å². The molecule has 1 fully saturated rings. The lowest BCUT2D eigenvalue weighted by atomic mass is 10.1. The molecule has 174 valence electrons. The highest BCUT2D eigenvalue weighted by Crippen LogP contribution is 2.32. The van der Waals surface area contributed by atoms with Gasteiger partial charge in [0.05, 0.1) is 31.2 Å². The van der Waals surface area contributed by atoms with Crippen LogP contribution in [0.4, 0.5) is 0 Å². The predicted octanol–water partition coefficient (Wildman–Crippen LogP) is 3.24. The molecule has 4 aromatic heterocycles. The van der Waals surface area contributed by atoms with Crippen molar-refractivity contribution in [2.75, 3.05) is 20.2 Å². The van der Waals surface area contributed by atoms with Crippen LogP contribution in [0.15, 0.2) is 36.8 Å². The molecule has 1 aliphatic heterocycles. The standard InChI is InChI=1S/C24H26N8O2/c1-15-24(29-30-32(15)19-4-6-26-7-5-19)17-9-22-28-13-20(11-25)31(22)23(10-17)34-16(2)18-8-21(33-3)14-27-12-18/h8-10,12-14,16,19,26H,4-7H2,1-3H3. The summed E-state index contributed by atoms with van der Waals surface area (Å²) in [5, 5.41) is 22.0. The second-order valence-corrected chi connectivity index (χ2v) is 8.40. The van der Waals surface area contributed by atoms with Crippen molar-refractivity contribution in [3.63, 3.8) is 0 Å². The number of hydrogen-bond donors (Lipinski definition) is 1. The Morgan fingerprint density at radius 1 is 1.18 bits per heavy atom. The van der Waals surface area contributed by atoms with Crippen LogP contribution in [-0.2, 0) is 0 Å². The summed E-state index contributed by atoms with van der Waals surface area (Å²) in [5.74, 6) is 1.14. The Morgan fingerprint density at radius 3 is 2.76 bits per heavy atom. The number of fused-ring (bicyclic) bond motifs is 1. The lowest BCUT2D eigenvalue weighted by Crippen LogP contribution is -2.30. The van der Waals surface area contributed by atoms with Crippen molar-refractivity contribution in [1.82, 2.24) is 34.7 Å². The van der Waals surface area contributed by atoms with Crippen LogP contribution in [0.3, 0.4) is 0 Å². The van der Waals surface area contributed by atoms with E-state index in [0.717, 1.165) is 48.4 Å². The van der Waals surface area contributed by atoms with Crippen LogP contribution in [0.25, 0.3) is 16.9 Å². The number of piperidine rings is 1. The first-order valence-electron chi connectivity index (χ1n) is 11.3. The molecule has 5 rings (SSSR count). The van der Waals surface area contributed by atoms with Crippen LogP contribution in [0, 0.1) is 18.3 Å². The van der Waals surface area contributed by atoms with E-state index in [1.165, 1.54) is 0 Å². The maximum absolute atomic E-state index is 9.62. The maximum atomic E-state index is 9.62. The second-order valence-electron chi connectivity index (χ2n) is 8.40. The molecule has 1 atom stereocenters. The average molecular weight is 459 g/mol. The van der Waals surface area contributed by atoms with Crippen molar-refractivity contribution in [2.45, 2.75) is 38.8 Å². The molecule has 10 heteroatoms. The van der Waals surface area contributed by atoms with Crippen molar-refractivity contribution >= 4 is 5.65 Å². The molecule has 4 aromatic rings. The highest BCUT2D eigenvalue weighted by Gasteiger charge is 2.22. The fraction of sp³-hybridized carbons (Fsp3) is 0.375. The summed E-state index contributed by atoms with van der Waals surface area (Å²) in [7, 11) is 1.60. The van der Waals surface area contributed by atoms with Crippen LogP contribution in [0.1, 0.15) is 48.9 Å². The molecular formula is C24H26N8O2. The molecule has 34 heavy (non-hydrogen) atoms. The Morgan fingerprint density at radius 2 is 2.00 bits per heavy atom. The van der Waals surface area contributed by atoms with E-state index in [9.17, 15) is 5.26 Å². The van der Waals surface area contributed by atoms with E-state index in [0.29, 0.717) is 29.0 Å². The average Bonchev–Trinajstić information content (AvgIpc) is 3.47. The third kappa shape index (κ3) is 3.95. The molecule has 0 aromatic carbocycles. The fourth-order valence-corrected chi connectivity index (χ4v) is 4.40. The molecule has 0 radical (unpaired) electrons. The number of nitrogens with zero attached hydrogens (tertiary/aromatic N) is 7. The number of rotatable bonds is 6. The van der Waals surface area contributed by atoms with Gasteiger partial charge in [0.2, 0.25) is 5.88 Å². The van der Waals surface area contributed by atoms with Crippen molar-refractivity contribution in [3.05, 3.63) is 53.7 Å². The van der Waals surface area contributed by atoms with E-state index in [-0.39, 0.29) is 6.10 Å². The Kier molecular flexibility index (Phi) is 5.86. The minimum Gasteiger partial charge on any atom is -0.495 e. The van der Waals surface area contributed by atoms with Crippen LogP contribution >= 0.6 is 0 Å². The van der Waals surface area contributed by atoms with Gasteiger partial charge in [-0.05, 0) is 51.9 Å². The van der Waals surface area contributed by atoms with Crippen molar-refractivity contribution in [2.24, 2.45) is 0 Å². The minimum atomic E-state index is -0.346. The zero-order valence-electron chi connectivity index (χ0n) is 19.4. The molecule has 0 amide bonds. The van der Waals surface area contributed by atoms with Crippen molar-refractivity contribution in [3.8, 4) is 29.0 Å². The zero-order valence-corrected chi connectivity index (χ0v) is 19.4. The highest BCUT2D eigenvalue weighted by molar-refractivity contribution is 5.68. The lowest BCUT2D eigenvalue weighted by Gasteiger charge is -2.23. The van der Waals surface area contributed by atoms with Gasteiger partial charge in [0.25, 0.3) is 0 Å². The van der Waals surface area contributed by atoms with Crippen LogP contribution in [0.5, 0.6) is 11.6 Å². The molecule has 0 spiro atoms. The number of hydrogen-bond acceptors (Lipinski definition) is 8. The van der Waals surface area contributed by atoms with E-state index in [2.05, 4.69) is 31.7 Å². The van der Waals surface area contributed by atoms with Gasteiger partial charge in [0.15, 0.2) is 0 Å². The number of aromatic nitrogens is 6. The van der Waals surface area contributed by atoms with E-state index >= 15 is 0 Å². The molecular weight excluding hydrogens is 432 g/mol. The number of imidazole rings is 1. The van der Waals surface area contributed by atoms with Gasteiger partial charge >= 0.3 is 0 Å². The summed E-state index contributed by atoms with van der Waals surface area (Å²) in [5.41, 5.74) is 4.47. The van der Waals surface area contributed by atoms with Gasteiger partial charge in [-0.2, -0.15) is 5.26 Å². The summed E-state index contributed by atoms with van der Waals surface area (Å²) >= 11 is 0. The van der Waals surface area contributed by atoms with Crippen LogP contribution in [-0.4, -0.2) is 49.6 Å². The van der Waals surface area contributed by atoms with Gasteiger partial charge in [0, 0.05) is 23.4 Å². The number of nitrogens with one attached hydrogen (secondary N) is 1. The number of nitriles is 1. The SMILES string of the molecule is COc1cncc(C(C)Oc2cc(-c3nnn(C4CCNCC4)c3C)cc3ncc(C#N)n23)c1. The molecule has 0 saturated carbocycles. The first-order valence-corrected chi connectivity index (χ1v) is 11.3. The Bertz CT molecular complexity index is 1360. The van der Waals surface area contributed by atoms with E-state index in [1.54, 1.807) is 30.1 Å². The monoisotopic (exact) mass is 458 g/mol. The Hall–Kier alpha value is -3.97. The highest BCUT2D eigenvalue weighted by atomic mass is 16.5. The predicted molar refractivity (Wildman–Crippen MR) is 125 cm³/mol. The number of methoxy groups -OCH3 is 1. The molecule has 1 unspecified atom stereocenters. The van der Waals surface area contributed by atoms with E-state index < -0.39 is 0 Å². The van der Waals surface area contributed by atoms with Gasteiger partial charge in [-0.3, -0.25) is 9.38 Å². The molecule has 1 saturated heterocycles. The molecule has 1 aliphatic rings. The lowest BCUT2D eigenvalue weighted by molar-refractivity contribution is 0.213. The second kappa shape index (κ2) is 9.11. The zero-order chi connectivity index (χ0) is 23.7. The summed E-state index contributed by atoms with van der Waals surface area (Å²) in [4.78, 5) is 8.66. The third-order valence-corrected chi connectivity index (χ3v) is 6.28. The van der Waals surface area contributed by atoms with E-state index in [4.69, 9.17) is 9.47 Å². The summed E-state index contributed by atoms with van der Waals surface area (Å²) in [6, 6.07) is 8.21. The van der Waals surface area contributed by atoms with E-state index in [1.807, 2.05) is 36.7 Å². The molecule has 1 N–H and O–H groups in total. The quantitative estimate of drug-likeness (QED) is 0.468. The summed E-state index contributed by atoms with van der Waals surface area (Å²) in [6.07, 6.45) is 6.63. The fourth-order valence-electron chi connectivity index (χ4n) is 4.40. The smallest absolute Gasteiger partial charge is 0.201 e. The van der Waals surface area contributed by atoms with Crippen LogP contribution in [0.2, 0.25) is 0 Å². The first-order chi connectivity index (χ1) is 16.6. The van der Waals surface area contributed by atoms with Gasteiger partial charge < -0.3 is 14.8 Å². The largest absolute Gasteiger partial charge is 0.495 e. The molecule has 5 heterocycles. The Balaban J connectivity index is 1.55. The normalized spacial score (nSPS) is 15.2. The van der Waals surface area contributed by atoms with Crippen LogP contribution < -0.4 is 14.8 Å². The first kappa shape index (κ1) is 21.9. The number of pyridine rings is 2. The molecule has 0 aliphatic carbocycles. The van der Waals surface area contributed by atoms with Gasteiger partial charge in [0.1, 0.15) is 35.0 Å². The molecule has 0 bridgehead atoms. The number of ether oxygens (including phenoxy) is 2. The van der Waals surface area contributed by atoms with Gasteiger partial charge in [-0.1, -0.05) is 5.21 Å². The van der Waals surface area contributed by atoms with Gasteiger partial charge in [-0.25, -0.2) is 9.67 Å².